The van der Waals surface area contributed by atoms with Crippen molar-refractivity contribution < 1.29 is 32.3 Å². The van der Waals surface area contributed by atoms with Crippen LogP contribution >= 0.6 is 22.9 Å². The monoisotopic (exact) mass is 544 g/mol. The van der Waals surface area contributed by atoms with Gasteiger partial charge in [-0.25, -0.2) is 14.4 Å². The van der Waals surface area contributed by atoms with Gasteiger partial charge in [0.1, 0.15) is 11.6 Å². The fraction of sp³-hybridized carbons (Fsp3) is 0.304. The number of alkyl halides is 3. The van der Waals surface area contributed by atoms with Crippen LogP contribution in [0.25, 0.3) is 11.3 Å². The third kappa shape index (κ3) is 6.70. The summed E-state index contributed by atoms with van der Waals surface area (Å²) in [4.78, 5) is 31.8. The molecular formula is C23H21ClF4N4O3S. The van der Waals surface area contributed by atoms with Crippen molar-refractivity contribution >= 4 is 45.8 Å². The van der Waals surface area contributed by atoms with Gasteiger partial charge in [-0.15, -0.1) is 11.3 Å². The van der Waals surface area contributed by atoms with E-state index in [9.17, 15) is 27.2 Å². The molecule has 0 saturated carbocycles. The zero-order valence-electron chi connectivity index (χ0n) is 19.0. The Balaban J connectivity index is 1.70. The van der Waals surface area contributed by atoms with Crippen molar-refractivity contribution in [3.8, 4) is 11.3 Å². The number of aromatic nitrogens is 2. The highest BCUT2D eigenvalue weighted by molar-refractivity contribution is 7.14. The van der Waals surface area contributed by atoms with Crippen molar-refractivity contribution in [2.24, 2.45) is 11.8 Å². The minimum absolute atomic E-state index is 0.0248. The van der Waals surface area contributed by atoms with E-state index in [-0.39, 0.29) is 51.0 Å². The highest BCUT2D eigenvalue weighted by Gasteiger charge is 2.35. The Kier molecular flexibility index (Phi) is 8.51. The topological polar surface area (TPSA) is 104 Å². The summed E-state index contributed by atoms with van der Waals surface area (Å²) in [5, 5.41) is 16.0. The van der Waals surface area contributed by atoms with E-state index in [4.69, 9.17) is 16.7 Å². The molecule has 1 amide bonds. The molecule has 13 heteroatoms. The molecule has 0 fully saturated rings. The number of nitrogens with one attached hydrogen (secondary N) is 2. The van der Waals surface area contributed by atoms with E-state index < -0.39 is 29.4 Å². The molecule has 2 heterocycles. The number of benzene rings is 1. The lowest BCUT2D eigenvalue weighted by Gasteiger charge is -2.20. The van der Waals surface area contributed by atoms with E-state index in [0.717, 1.165) is 17.4 Å². The van der Waals surface area contributed by atoms with Gasteiger partial charge < -0.3 is 10.4 Å². The highest BCUT2D eigenvalue weighted by atomic mass is 35.5. The summed E-state index contributed by atoms with van der Waals surface area (Å²) >= 11 is 7.14. The number of nitrogens with zero attached hydrogens (tertiary/aromatic N) is 2. The molecule has 0 saturated heterocycles. The smallest absolute Gasteiger partial charge is 0.419 e. The van der Waals surface area contributed by atoms with Crippen LogP contribution in [0, 0.1) is 17.7 Å². The molecule has 3 rings (SSSR count). The minimum Gasteiger partial charge on any atom is -0.481 e. The molecule has 1 aromatic carbocycles. The Bertz CT molecular complexity index is 1270. The van der Waals surface area contributed by atoms with Crippen molar-refractivity contribution in [2.75, 3.05) is 17.2 Å². The second-order valence-corrected chi connectivity index (χ2v) is 9.46. The van der Waals surface area contributed by atoms with Gasteiger partial charge in [-0.2, -0.15) is 13.2 Å². The first kappa shape index (κ1) is 27.3. The number of thiazole rings is 1. The Morgan fingerprint density at radius 3 is 2.58 bits per heavy atom. The molecule has 0 aliphatic heterocycles. The number of carboxylic acids is 1. The first-order chi connectivity index (χ1) is 16.9. The number of amides is 1. The average Bonchev–Trinajstić information content (AvgIpc) is 3.24. The number of carbonyl (C=O) groups excluding carboxylic acids is 1. The Morgan fingerprint density at radius 1 is 1.25 bits per heavy atom. The molecule has 2 aromatic heterocycles. The van der Waals surface area contributed by atoms with Crippen molar-refractivity contribution in [2.45, 2.75) is 26.4 Å². The van der Waals surface area contributed by atoms with Gasteiger partial charge in [0, 0.05) is 23.7 Å². The lowest BCUT2D eigenvalue weighted by molar-refractivity contribution is -0.140. The first-order valence-corrected chi connectivity index (χ1v) is 11.9. The van der Waals surface area contributed by atoms with Crippen LogP contribution in [0.15, 0.2) is 35.8 Å². The summed E-state index contributed by atoms with van der Waals surface area (Å²) in [6.07, 6.45) is -3.62. The second-order valence-electron chi connectivity index (χ2n) is 8.19. The molecule has 0 aliphatic carbocycles. The molecule has 3 N–H and O–H groups in total. The minimum atomic E-state index is -4.85. The fourth-order valence-electron chi connectivity index (χ4n) is 3.26. The molecular weight excluding hydrogens is 524 g/mol. The van der Waals surface area contributed by atoms with Crippen molar-refractivity contribution in [3.05, 3.63) is 57.8 Å². The predicted octanol–water partition coefficient (Wildman–Crippen LogP) is 6.43. The highest BCUT2D eigenvalue weighted by Crippen LogP contribution is 2.36. The van der Waals surface area contributed by atoms with Gasteiger partial charge >= 0.3 is 12.1 Å². The number of halogens is 5. The predicted molar refractivity (Wildman–Crippen MR) is 129 cm³/mol. The van der Waals surface area contributed by atoms with Crippen molar-refractivity contribution in [3.63, 3.8) is 0 Å². The van der Waals surface area contributed by atoms with Crippen LogP contribution in [-0.2, 0) is 11.0 Å². The van der Waals surface area contributed by atoms with Gasteiger partial charge in [-0.3, -0.25) is 14.9 Å². The summed E-state index contributed by atoms with van der Waals surface area (Å²) in [5.41, 5.74) is -1.73. The van der Waals surface area contributed by atoms with Gasteiger partial charge in [0.25, 0.3) is 5.91 Å². The van der Waals surface area contributed by atoms with Gasteiger partial charge in [0.05, 0.1) is 28.3 Å². The van der Waals surface area contributed by atoms with E-state index in [1.807, 2.05) is 13.8 Å². The molecule has 3 aromatic rings. The summed E-state index contributed by atoms with van der Waals surface area (Å²) in [6.45, 7) is 4.13. The summed E-state index contributed by atoms with van der Waals surface area (Å²) in [7, 11) is 0. The molecule has 0 spiro atoms. The zero-order chi connectivity index (χ0) is 26.6. The maximum atomic E-state index is 14.4. The van der Waals surface area contributed by atoms with Crippen LogP contribution < -0.4 is 10.6 Å². The Morgan fingerprint density at radius 2 is 1.97 bits per heavy atom. The number of carboxylic acid groups (broad SMARTS) is 1. The lowest BCUT2D eigenvalue weighted by Crippen LogP contribution is -2.23. The Labute approximate surface area is 212 Å². The van der Waals surface area contributed by atoms with Gasteiger partial charge in [-0.1, -0.05) is 31.5 Å². The van der Waals surface area contributed by atoms with E-state index in [1.54, 1.807) is 0 Å². The summed E-state index contributed by atoms with van der Waals surface area (Å²) < 4.78 is 53.3. The van der Waals surface area contributed by atoms with Gasteiger partial charge in [-0.05, 0) is 30.0 Å². The molecule has 0 bridgehead atoms. The van der Waals surface area contributed by atoms with E-state index >= 15 is 0 Å². The number of hydrogen-bond donors (Lipinski definition) is 3. The molecule has 1 atom stereocenters. The maximum Gasteiger partial charge on any atom is 0.419 e. The van der Waals surface area contributed by atoms with E-state index in [0.29, 0.717) is 12.6 Å². The maximum absolute atomic E-state index is 14.4. The molecule has 192 valence electrons. The van der Waals surface area contributed by atoms with Gasteiger partial charge in [0.15, 0.2) is 5.13 Å². The SMILES string of the molecule is CC(C)[C@H](CNc1ncc(C(=O)Nc2nc(-c3cccc(C(F)(F)F)c3F)cs2)cc1Cl)CC(=O)O. The molecule has 7 nitrogen and oxygen atoms in total. The molecule has 0 unspecified atom stereocenters. The number of aliphatic carboxylic acids is 1. The largest absolute Gasteiger partial charge is 0.481 e. The molecule has 36 heavy (non-hydrogen) atoms. The van der Waals surface area contributed by atoms with Crippen LogP contribution in [0.1, 0.15) is 36.2 Å². The standard InChI is InChI=1S/C23H21ClF4N4O3S/c1-11(2)12(7-18(33)34)8-29-20-16(24)6-13(9-30-20)21(35)32-22-31-17(10-36-22)14-4-3-5-15(19(14)25)23(26,27)28/h3-6,9-12H,7-8H2,1-2H3,(H,29,30)(H,33,34)(H,31,32,35)/t12-/m0/s1. The third-order valence-electron chi connectivity index (χ3n) is 5.32. The second kappa shape index (κ2) is 11.2. The number of hydrogen-bond acceptors (Lipinski definition) is 6. The quantitative estimate of drug-likeness (QED) is 0.268. The summed E-state index contributed by atoms with van der Waals surface area (Å²) in [5.74, 6) is -2.78. The fourth-order valence-corrected chi connectivity index (χ4v) is 4.20. The van der Waals surface area contributed by atoms with Crippen LogP contribution in [-0.4, -0.2) is 33.5 Å². The number of carbonyl (C=O) groups is 2. The lowest BCUT2D eigenvalue weighted by atomic mass is 9.92. The summed E-state index contributed by atoms with van der Waals surface area (Å²) in [6, 6.07) is 4.24. The normalized spacial score (nSPS) is 12.4. The van der Waals surface area contributed by atoms with Crippen LogP contribution in [0.2, 0.25) is 5.02 Å². The first-order valence-electron chi connectivity index (χ1n) is 10.6. The number of rotatable bonds is 9. The number of anilines is 2. The van der Waals surface area contributed by atoms with Gasteiger partial charge in [0.2, 0.25) is 0 Å². The van der Waals surface area contributed by atoms with E-state index in [1.165, 1.54) is 23.7 Å². The number of pyridine rings is 1. The van der Waals surface area contributed by atoms with E-state index in [2.05, 4.69) is 20.6 Å². The van der Waals surface area contributed by atoms with Crippen molar-refractivity contribution in [1.29, 1.82) is 0 Å². The molecule has 0 aliphatic rings. The third-order valence-corrected chi connectivity index (χ3v) is 6.37. The van der Waals surface area contributed by atoms with Crippen molar-refractivity contribution in [1.82, 2.24) is 9.97 Å². The Hall–Kier alpha value is -3.25. The van der Waals surface area contributed by atoms with Crippen LogP contribution in [0.3, 0.4) is 0 Å². The average molecular weight is 545 g/mol. The van der Waals surface area contributed by atoms with Crippen LogP contribution in [0.4, 0.5) is 28.5 Å². The zero-order valence-corrected chi connectivity index (χ0v) is 20.6. The van der Waals surface area contributed by atoms with Crippen LogP contribution in [0.5, 0.6) is 0 Å². The molecule has 0 radical (unpaired) electrons.